The molecule has 1 heterocycles. The summed E-state index contributed by atoms with van der Waals surface area (Å²) in [6.07, 6.45) is 2.08. The van der Waals surface area contributed by atoms with Crippen LogP contribution in [0.5, 0.6) is 0 Å². The van der Waals surface area contributed by atoms with Crippen molar-refractivity contribution in [1.82, 2.24) is 4.90 Å². The van der Waals surface area contributed by atoms with Gasteiger partial charge in [0.25, 0.3) is 0 Å². The molecule has 0 spiro atoms. The number of β-amino-alcohol motifs (C(OH)–C–C–N with tert-alkyl or cyclic N) is 1. The number of hydrogen-bond acceptors (Lipinski definition) is 2. The van der Waals surface area contributed by atoms with Crippen LogP contribution in [0.25, 0.3) is 0 Å². The molecule has 0 aromatic carbocycles. The maximum Gasteiger partial charge on any atom is 0.0761 e. The Kier molecular flexibility index (Phi) is 2.79. The average Bonchev–Trinajstić information content (AvgIpc) is 2.25. The van der Waals surface area contributed by atoms with E-state index in [1.807, 2.05) is 6.92 Å². The van der Waals surface area contributed by atoms with Gasteiger partial charge in [-0.1, -0.05) is 6.92 Å². The summed E-state index contributed by atoms with van der Waals surface area (Å²) in [6, 6.07) is 1.14. The van der Waals surface area contributed by atoms with Crippen molar-refractivity contribution < 1.29 is 5.11 Å². The maximum atomic E-state index is 9.87. The summed E-state index contributed by atoms with van der Waals surface area (Å²) in [5.41, 5.74) is -0.453. The molecule has 2 atom stereocenters. The molecule has 0 radical (unpaired) electrons. The second kappa shape index (κ2) is 3.35. The normalized spacial score (nSPS) is 38.0. The third kappa shape index (κ3) is 1.99. The lowest BCUT2D eigenvalue weighted by molar-refractivity contribution is 0.0645. The van der Waals surface area contributed by atoms with Gasteiger partial charge in [-0.2, -0.15) is 0 Å². The summed E-state index contributed by atoms with van der Waals surface area (Å²) in [5.74, 6) is 0. The van der Waals surface area contributed by atoms with Crippen molar-refractivity contribution in [3.05, 3.63) is 0 Å². The van der Waals surface area contributed by atoms with Crippen LogP contribution >= 0.6 is 0 Å². The minimum absolute atomic E-state index is 0.453. The quantitative estimate of drug-likeness (QED) is 0.682. The van der Waals surface area contributed by atoms with E-state index in [2.05, 4.69) is 25.7 Å². The van der Waals surface area contributed by atoms with Crippen LogP contribution in [0.4, 0.5) is 0 Å². The Morgan fingerprint density at radius 2 is 2.17 bits per heavy atom. The van der Waals surface area contributed by atoms with Gasteiger partial charge in [-0.25, -0.2) is 0 Å². The van der Waals surface area contributed by atoms with Gasteiger partial charge in [0.2, 0.25) is 0 Å². The molecule has 1 unspecified atom stereocenters. The number of aliphatic hydroxyl groups is 1. The van der Waals surface area contributed by atoms with Gasteiger partial charge in [0, 0.05) is 18.6 Å². The largest absolute Gasteiger partial charge is 0.389 e. The van der Waals surface area contributed by atoms with E-state index in [4.69, 9.17) is 0 Å². The molecular weight excluding hydrogens is 150 g/mol. The molecule has 0 aliphatic carbocycles. The lowest BCUT2D eigenvalue weighted by Crippen LogP contribution is -2.37. The molecule has 2 heteroatoms. The molecule has 12 heavy (non-hydrogen) atoms. The molecule has 0 aromatic rings. The van der Waals surface area contributed by atoms with Gasteiger partial charge >= 0.3 is 0 Å². The first-order valence-corrected chi connectivity index (χ1v) is 4.94. The van der Waals surface area contributed by atoms with E-state index in [1.165, 1.54) is 0 Å². The number of likely N-dealkylation sites (tertiary alicyclic amines) is 1. The highest BCUT2D eigenvalue weighted by Gasteiger charge is 2.38. The fraction of sp³-hybridized carbons (Fsp3) is 1.00. The highest BCUT2D eigenvalue weighted by Crippen LogP contribution is 2.29. The van der Waals surface area contributed by atoms with Crippen molar-refractivity contribution in [2.24, 2.45) is 0 Å². The average molecular weight is 171 g/mol. The van der Waals surface area contributed by atoms with Gasteiger partial charge in [-0.15, -0.1) is 0 Å². The molecule has 1 aliphatic rings. The summed E-state index contributed by atoms with van der Waals surface area (Å²) >= 11 is 0. The van der Waals surface area contributed by atoms with Crippen LogP contribution in [-0.4, -0.2) is 34.2 Å². The highest BCUT2D eigenvalue weighted by atomic mass is 16.3. The van der Waals surface area contributed by atoms with E-state index < -0.39 is 5.60 Å². The summed E-state index contributed by atoms with van der Waals surface area (Å²) in [6.45, 7) is 9.37. The van der Waals surface area contributed by atoms with Crippen molar-refractivity contribution in [3.63, 3.8) is 0 Å². The van der Waals surface area contributed by atoms with Crippen LogP contribution in [0.3, 0.4) is 0 Å². The second-order valence-electron chi connectivity index (χ2n) is 4.53. The molecule has 0 saturated carbocycles. The number of rotatable bonds is 2. The first-order valence-electron chi connectivity index (χ1n) is 4.94. The zero-order valence-electron chi connectivity index (χ0n) is 8.67. The Labute approximate surface area is 75.6 Å². The zero-order valence-corrected chi connectivity index (χ0v) is 8.67. The van der Waals surface area contributed by atoms with Crippen molar-refractivity contribution in [1.29, 1.82) is 0 Å². The molecule has 1 N–H and O–H groups in total. The van der Waals surface area contributed by atoms with Gasteiger partial charge in [0.15, 0.2) is 0 Å². The van der Waals surface area contributed by atoms with Crippen LogP contribution in [0, 0.1) is 0 Å². The second-order valence-corrected chi connectivity index (χ2v) is 4.53. The summed E-state index contributed by atoms with van der Waals surface area (Å²) in [7, 11) is 0. The Morgan fingerprint density at radius 1 is 1.58 bits per heavy atom. The summed E-state index contributed by atoms with van der Waals surface area (Å²) < 4.78 is 0. The molecule has 72 valence electrons. The van der Waals surface area contributed by atoms with E-state index in [9.17, 15) is 5.11 Å². The van der Waals surface area contributed by atoms with Gasteiger partial charge in [-0.3, -0.25) is 4.90 Å². The maximum absolute atomic E-state index is 9.87. The van der Waals surface area contributed by atoms with E-state index in [1.54, 1.807) is 0 Å². The highest BCUT2D eigenvalue weighted by molar-refractivity contribution is 4.94. The first-order chi connectivity index (χ1) is 5.46. The summed E-state index contributed by atoms with van der Waals surface area (Å²) in [4.78, 5) is 2.40. The van der Waals surface area contributed by atoms with Crippen molar-refractivity contribution >= 4 is 0 Å². The Balaban J connectivity index is 2.63. The lowest BCUT2D eigenvalue weighted by atomic mass is 10.0. The van der Waals surface area contributed by atoms with E-state index in [0.717, 1.165) is 19.4 Å². The lowest BCUT2D eigenvalue weighted by Gasteiger charge is -2.27. The minimum Gasteiger partial charge on any atom is -0.389 e. The van der Waals surface area contributed by atoms with Crippen LogP contribution < -0.4 is 0 Å². The van der Waals surface area contributed by atoms with Gasteiger partial charge in [0.05, 0.1) is 5.60 Å². The number of hydrogen-bond donors (Lipinski definition) is 1. The zero-order chi connectivity index (χ0) is 9.35. The summed E-state index contributed by atoms with van der Waals surface area (Å²) in [5, 5.41) is 9.87. The molecule has 1 fully saturated rings. The fourth-order valence-corrected chi connectivity index (χ4v) is 2.19. The van der Waals surface area contributed by atoms with Gasteiger partial charge < -0.3 is 5.11 Å². The van der Waals surface area contributed by atoms with Crippen molar-refractivity contribution in [2.45, 2.75) is 58.2 Å². The predicted molar refractivity (Wildman–Crippen MR) is 51.2 cm³/mol. The van der Waals surface area contributed by atoms with E-state index >= 15 is 0 Å². The number of nitrogens with zero attached hydrogens (tertiary/aromatic N) is 1. The monoisotopic (exact) mass is 171 g/mol. The van der Waals surface area contributed by atoms with Crippen LogP contribution in [0.2, 0.25) is 0 Å². The first kappa shape index (κ1) is 10.0. The van der Waals surface area contributed by atoms with Crippen LogP contribution in [0.15, 0.2) is 0 Å². The predicted octanol–water partition coefficient (Wildman–Crippen LogP) is 1.63. The van der Waals surface area contributed by atoms with Crippen molar-refractivity contribution in [2.75, 3.05) is 6.54 Å². The molecule has 1 rings (SSSR count). The minimum atomic E-state index is -0.453. The topological polar surface area (TPSA) is 23.5 Å². The van der Waals surface area contributed by atoms with Gasteiger partial charge in [0.1, 0.15) is 0 Å². The van der Waals surface area contributed by atoms with Crippen LogP contribution in [-0.2, 0) is 0 Å². The molecular formula is C10H21NO. The molecule has 0 amide bonds. The molecule has 0 aromatic heterocycles. The molecule has 0 bridgehead atoms. The standard InChI is InChI=1S/C10H21NO/c1-5-9-6-10(4,12)7-11(9)8(2)3/h8-9,12H,5-7H2,1-4H3/t9-,10?/m1/s1. The van der Waals surface area contributed by atoms with E-state index in [0.29, 0.717) is 12.1 Å². The van der Waals surface area contributed by atoms with Gasteiger partial charge in [-0.05, 0) is 33.6 Å². The Morgan fingerprint density at radius 3 is 2.50 bits per heavy atom. The molecule has 1 aliphatic heterocycles. The molecule has 1 saturated heterocycles. The Hall–Kier alpha value is -0.0800. The third-order valence-electron chi connectivity index (χ3n) is 2.80. The molecule has 2 nitrogen and oxygen atoms in total. The Bertz CT molecular complexity index is 154. The van der Waals surface area contributed by atoms with Crippen LogP contribution in [0.1, 0.15) is 40.5 Å². The third-order valence-corrected chi connectivity index (χ3v) is 2.80. The fourth-order valence-electron chi connectivity index (χ4n) is 2.19. The van der Waals surface area contributed by atoms with Crippen molar-refractivity contribution in [3.8, 4) is 0 Å². The SMILES string of the molecule is CC[C@@H]1CC(C)(O)CN1C(C)C. The smallest absolute Gasteiger partial charge is 0.0761 e. The van der Waals surface area contributed by atoms with E-state index in [-0.39, 0.29) is 0 Å².